The van der Waals surface area contributed by atoms with E-state index in [1.54, 1.807) is 20.8 Å². The maximum Gasteiger partial charge on any atom is 0.412 e. The van der Waals surface area contributed by atoms with Crippen LogP contribution >= 0.6 is 11.5 Å². The van der Waals surface area contributed by atoms with Gasteiger partial charge in [-0.25, -0.2) is 4.79 Å². The van der Waals surface area contributed by atoms with Crippen LogP contribution in [0.15, 0.2) is 0 Å². The minimum Gasteiger partial charge on any atom is -0.593 e. The van der Waals surface area contributed by atoms with Crippen LogP contribution in [-0.2, 0) is 4.74 Å². The highest BCUT2D eigenvalue weighted by molar-refractivity contribution is 7.10. The molecule has 1 aromatic rings. The minimum absolute atomic E-state index is 0.192. The number of amides is 1. The average Bonchev–Trinajstić information content (AvgIpc) is 2.34. The molecule has 1 aromatic heterocycles. The molecule has 6 nitrogen and oxygen atoms in total. The Morgan fingerprint density at radius 1 is 1.71 bits per heavy atom. The number of ether oxygens (including phenoxy) is 1. The van der Waals surface area contributed by atoms with E-state index in [0.29, 0.717) is 15.5 Å². The molecule has 0 aliphatic heterocycles. The van der Waals surface area contributed by atoms with E-state index in [-0.39, 0.29) is 6.10 Å². The molecule has 0 unspecified atom stereocenters. The summed E-state index contributed by atoms with van der Waals surface area (Å²) in [7, 11) is 0. The third-order valence-corrected chi connectivity index (χ3v) is 2.19. The Morgan fingerprint density at radius 2 is 2.36 bits per heavy atom. The van der Waals surface area contributed by atoms with Gasteiger partial charge in [0, 0.05) is 6.92 Å². The van der Waals surface area contributed by atoms with Crippen LogP contribution in [0.4, 0.5) is 9.80 Å². The number of hydrogen-bond acceptors (Lipinski definition) is 5. The van der Waals surface area contributed by atoms with Crippen LogP contribution in [0.25, 0.3) is 0 Å². The quantitative estimate of drug-likeness (QED) is 0.593. The molecule has 1 N–H and O–H groups in total. The zero-order chi connectivity index (χ0) is 10.7. The standard InChI is InChI=1S/C7H11N3O3S/c1-4(2)13-7(11)8-6-5(3)10(12)9-14-6/h4H,1-3H3,(H,8,11). The first kappa shape index (κ1) is 10.7. The molecule has 0 radical (unpaired) electrons. The van der Waals surface area contributed by atoms with E-state index < -0.39 is 6.09 Å². The second kappa shape index (κ2) is 4.23. The molecule has 1 heterocycles. The molecule has 7 heteroatoms. The number of carbonyl (C=O) groups is 1. The van der Waals surface area contributed by atoms with Gasteiger partial charge in [0.1, 0.15) is 0 Å². The van der Waals surface area contributed by atoms with Crippen molar-refractivity contribution in [3.63, 3.8) is 0 Å². The zero-order valence-electron chi connectivity index (χ0n) is 8.10. The smallest absolute Gasteiger partial charge is 0.412 e. The Balaban J connectivity index is 2.61. The molecule has 0 fully saturated rings. The van der Waals surface area contributed by atoms with Crippen molar-refractivity contribution in [2.75, 3.05) is 5.32 Å². The maximum atomic E-state index is 11.1. The molecule has 78 valence electrons. The molecule has 0 atom stereocenters. The summed E-state index contributed by atoms with van der Waals surface area (Å²) in [5, 5.41) is 13.7. The van der Waals surface area contributed by atoms with E-state index in [1.807, 2.05) is 0 Å². The molecule has 0 saturated heterocycles. The van der Waals surface area contributed by atoms with Crippen LogP contribution in [0.5, 0.6) is 0 Å². The summed E-state index contributed by atoms with van der Waals surface area (Å²) in [5.74, 6) is 0. The third-order valence-electron chi connectivity index (χ3n) is 1.38. The molecule has 0 aromatic carbocycles. The number of hydrogen-bond donors (Lipinski definition) is 1. The first-order chi connectivity index (χ1) is 6.50. The van der Waals surface area contributed by atoms with Crippen molar-refractivity contribution in [2.45, 2.75) is 26.9 Å². The Kier molecular flexibility index (Phi) is 3.23. The third kappa shape index (κ3) is 2.56. The maximum absolute atomic E-state index is 11.1. The van der Waals surface area contributed by atoms with Gasteiger partial charge in [0.05, 0.1) is 22.1 Å². The van der Waals surface area contributed by atoms with E-state index in [2.05, 4.69) is 9.81 Å². The first-order valence-electron chi connectivity index (χ1n) is 4.04. The van der Waals surface area contributed by atoms with E-state index in [1.165, 1.54) is 0 Å². The number of carbonyl (C=O) groups excluding carboxylic acids is 1. The molecular weight excluding hydrogens is 206 g/mol. The molecule has 1 amide bonds. The van der Waals surface area contributed by atoms with Gasteiger partial charge in [0.2, 0.25) is 0 Å². The molecule has 0 aliphatic carbocycles. The molecule has 0 saturated carbocycles. The number of nitrogens with zero attached hydrogens (tertiary/aromatic N) is 2. The molecule has 1 rings (SSSR count). The highest BCUT2D eigenvalue weighted by atomic mass is 32.1. The second-order valence-electron chi connectivity index (χ2n) is 2.94. The van der Waals surface area contributed by atoms with Gasteiger partial charge in [-0.2, -0.15) is 0 Å². The fourth-order valence-electron chi connectivity index (χ4n) is 0.742. The summed E-state index contributed by atoms with van der Waals surface area (Å²) in [6.45, 7) is 5.06. The largest absolute Gasteiger partial charge is 0.593 e. The van der Waals surface area contributed by atoms with Crippen LogP contribution in [0.3, 0.4) is 0 Å². The molecule has 14 heavy (non-hydrogen) atoms. The van der Waals surface area contributed by atoms with Gasteiger partial charge in [-0.05, 0) is 18.7 Å². The Bertz CT molecular complexity index is 337. The van der Waals surface area contributed by atoms with E-state index in [4.69, 9.17) is 4.74 Å². The lowest BCUT2D eigenvalue weighted by Crippen LogP contribution is -2.30. The predicted molar refractivity (Wildman–Crippen MR) is 51.1 cm³/mol. The highest BCUT2D eigenvalue weighted by Crippen LogP contribution is 2.14. The number of anilines is 1. The average molecular weight is 217 g/mol. The van der Waals surface area contributed by atoms with Crippen molar-refractivity contribution in [3.8, 4) is 0 Å². The topological polar surface area (TPSA) is 78.2 Å². The summed E-state index contributed by atoms with van der Waals surface area (Å²) in [6, 6.07) is 0. The van der Waals surface area contributed by atoms with E-state index in [9.17, 15) is 10.0 Å². The monoisotopic (exact) mass is 217 g/mol. The lowest BCUT2D eigenvalue weighted by atomic mass is 10.5. The van der Waals surface area contributed by atoms with Crippen LogP contribution < -0.4 is 10.2 Å². The van der Waals surface area contributed by atoms with Gasteiger partial charge in [-0.3, -0.25) is 5.32 Å². The first-order valence-corrected chi connectivity index (χ1v) is 4.81. The van der Waals surface area contributed by atoms with E-state index in [0.717, 1.165) is 11.5 Å². The van der Waals surface area contributed by atoms with Crippen molar-refractivity contribution in [3.05, 3.63) is 10.9 Å². The van der Waals surface area contributed by atoms with Crippen LogP contribution in [0, 0.1) is 12.1 Å². The summed E-state index contributed by atoms with van der Waals surface area (Å²) in [4.78, 5) is 11.6. The minimum atomic E-state index is -0.577. The van der Waals surface area contributed by atoms with Crippen LogP contribution in [0.1, 0.15) is 19.5 Å². The molecule has 0 bridgehead atoms. The van der Waals surface area contributed by atoms with Crippen molar-refractivity contribution in [1.29, 1.82) is 0 Å². The second-order valence-corrected chi connectivity index (χ2v) is 3.69. The summed E-state index contributed by atoms with van der Waals surface area (Å²) < 4.78 is 8.32. The SMILES string of the molecule is Cc1c(NC(=O)OC(C)C)sn[n+]1[O-]. The number of aromatic nitrogens is 2. The number of nitrogens with one attached hydrogen (secondary N) is 1. The van der Waals surface area contributed by atoms with Crippen LogP contribution in [-0.4, -0.2) is 16.7 Å². The fourth-order valence-corrected chi connectivity index (χ4v) is 1.36. The highest BCUT2D eigenvalue weighted by Gasteiger charge is 2.16. The summed E-state index contributed by atoms with van der Waals surface area (Å²) in [5.41, 5.74) is 0.357. The van der Waals surface area contributed by atoms with Crippen molar-refractivity contribution in [1.82, 2.24) is 4.49 Å². The van der Waals surface area contributed by atoms with Gasteiger partial charge in [0.25, 0.3) is 5.69 Å². The van der Waals surface area contributed by atoms with Crippen molar-refractivity contribution in [2.24, 2.45) is 0 Å². The normalized spacial score (nSPS) is 10.3. The van der Waals surface area contributed by atoms with Crippen molar-refractivity contribution >= 4 is 22.6 Å². The van der Waals surface area contributed by atoms with Gasteiger partial charge in [-0.15, -0.1) is 0 Å². The Hall–Kier alpha value is -1.37. The van der Waals surface area contributed by atoms with Gasteiger partial charge < -0.3 is 9.94 Å². The lowest BCUT2D eigenvalue weighted by molar-refractivity contribution is -0.666. The van der Waals surface area contributed by atoms with E-state index >= 15 is 0 Å². The molecular formula is C7H11N3O3S. The zero-order valence-corrected chi connectivity index (χ0v) is 8.92. The van der Waals surface area contributed by atoms with Crippen molar-refractivity contribution < 1.29 is 14.4 Å². The fraction of sp³-hybridized carbons (Fsp3) is 0.571. The Morgan fingerprint density at radius 3 is 2.79 bits per heavy atom. The lowest BCUT2D eigenvalue weighted by Gasteiger charge is -2.06. The van der Waals surface area contributed by atoms with Crippen LogP contribution in [0.2, 0.25) is 0 Å². The number of rotatable bonds is 2. The summed E-state index contributed by atoms with van der Waals surface area (Å²) >= 11 is 0.920. The van der Waals surface area contributed by atoms with Gasteiger partial charge in [-0.1, -0.05) is 0 Å². The predicted octanol–water partition coefficient (Wildman–Crippen LogP) is 1.04. The van der Waals surface area contributed by atoms with Gasteiger partial charge in [0.15, 0.2) is 5.00 Å². The molecule has 0 aliphatic rings. The van der Waals surface area contributed by atoms with Gasteiger partial charge >= 0.3 is 6.09 Å². The Labute approximate surface area is 85.2 Å². The summed E-state index contributed by atoms with van der Waals surface area (Å²) in [6.07, 6.45) is -0.769. The molecule has 0 spiro atoms.